The van der Waals surface area contributed by atoms with Gasteiger partial charge in [0.05, 0.1) is 0 Å². The molecule has 0 aliphatic carbocycles. The maximum absolute atomic E-state index is 8.00. The highest BCUT2D eigenvalue weighted by molar-refractivity contribution is 5.39. The van der Waals surface area contributed by atoms with Gasteiger partial charge in [0, 0.05) is 49.1 Å². The first-order valence-electron chi connectivity index (χ1n) is 7.94. The predicted molar refractivity (Wildman–Crippen MR) is 99.9 cm³/mol. The van der Waals surface area contributed by atoms with Crippen molar-refractivity contribution in [1.29, 1.82) is 0 Å². The molecule has 0 saturated heterocycles. The maximum atomic E-state index is 8.00. The molecular formula is C15H30N6O7. The first kappa shape index (κ1) is 25.8. The SMILES string of the molecule is C=O.CCC(OC)(OC)C(OC)(OC)C(Nc1nc(N)nc(N)n1)(OC)OC. The van der Waals surface area contributed by atoms with Crippen LogP contribution in [0.4, 0.5) is 17.8 Å². The van der Waals surface area contributed by atoms with Gasteiger partial charge in [0.15, 0.2) is 0 Å². The molecule has 0 aliphatic rings. The smallest absolute Gasteiger partial charge is 0.314 e. The number of ether oxygens (including phenoxy) is 6. The second-order valence-electron chi connectivity index (χ2n) is 5.06. The number of hydrogen-bond acceptors (Lipinski definition) is 13. The lowest BCUT2D eigenvalue weighted by molar-refractivity contribution is -0.470. The van der Waals surface area contributed by atoms with Crippen LogP contribution in [0, 0.1) is 0 Å². The molecule has 1 heterocycles. The molecule has 0 atom stereocenters. The fourth-order valence-corrected chi connectivity index (χ4v) is 2.94. The van der Waals surface area contributed by atoms with E-state index in [9.17, 15) is 0 Å². The molecule has 0 aliphatic heterocycles. The van der Waals surface area contributed by atoms with Gasteiger partial charge in [-0.15, -0.1) is 0 Å². The molecule has 1 aromatic rings. The summed E-state index contributed by atoms with van der Waals surface area (Å²) in [5, 5.41) is 2.85. The van der Waals surface area contributed by atoms with Crippen molar-refractivity contribution in [1.82, 2.24) is 15.0 Å². The molecule has 1 rings (SSSR count). The Morgan fingerprint density at radius 3 is 1.54 bits per heavy atom. The van der Waals surface area contributed by atoms with Crippen LogP contribution >= 0.6 is 0 Å². The van der Waals surface area contributed by atoms with Crippen LogP contribution in [0.25, 0.3) is 0 Å². The second kappa shape index (κ2) is 11.0. The molecule has 162 valence electrons. The summed E-state index contributed by atoms with van der Waals surface area (Å²) in [5.74, 6) is -5.28. The lowest BCUT2D eigenvalue weighted by Gasteiger charge is -2.53. The van der Waals surface area contributed by atoms with E-state index in [0.29, 0.717) is 6.42 Å². The molecule has 0 unspecified atom stereocenters. The van der Waals surface area contributed by atoms with Gasteiger partial charge in [-0.3, -0.25) is 5.32 Å². The number of carbonyl (C=O) groups is 1. The van der Waals surface area contributed by atoms with Crippen molar-refractivity contribution in [3.05, 3.63) is 0 Å². The molecule has 1 aromatic heterocycles. The molecule has 0 saturated carbocycles. The monoisotopic (exact) mass is 406 g/mol. The Kier molecular flexibility index (Phi) is 10.1. The standard InChI is InChI=1S/C14H28N6O6.CH2O/c1-8-12(21-2,22-3)13(23-4,24-5)14(25-6,26-7)20-11-18-9(15)17-10(16)19-11;1-2/h8H2,1-7H3,(H5,15,16,17,18,19,20);1H2. The van der Waals surface area contributed by atoms with Gasteiger partial charge in [0.2, 0.25) is 23.6 Å². The number of nitrogens with zero attached hydrogens (tertiary/aromatic N) is 3. The molecule has 28 heavy (non-hydrogen) atoms. The van der Waals surface area contributed by atoms with Crippen LogP contribution in [0.2, 0.25) is 0 Å². The van der Waals surface area contributed by atoms with Crippen LogP contribution in [-0.2, 0) is 33.2 Å². The highest BCUT2D eigenvalue weighted by atomic mass is 16.8. The zero-order valence-electron chi connectivity index (χ0n) is 17.3. The van der Waals surface area contributed by atoms with Crippen molar-refractivity contribution in [2.45, 2.75) is 30.8 Å². The Hall–Kier alpha value is -2.16. The third-order valence-electron chi connectivity index (χ3n) is 4.16. The summed E-state index contributed by atoms with van der Waals surface area (Å²) in [6.07, 6.45) is 0.305. The van der Waals surface area contributed by atoms with E-state index in [2.05, 4.69) is 20.3 Å². The molecule has 0 radical (unpaired) electrons. The van der Waals surface area contributed by atoms with Crippen molar-refractivity contribution in [2.75, 3.05) is 59.4 Å². The van der Waals surface area contributed by atoms with Crippen molar-refractivity contribution in [2.24, 2.45) is 0 Å². The van der Waals surface area contributed by atoms with E-state index in [1.165, 1.54) is 42.7 Å². The molecule has 0 spiro atoms. The van der Waals surface area contributed by atoms with Gasteiger partial charge in [0.25, 0.3) is 0 Å². The van der Waals surface area contributed by atoms with Crippen LogP contribution in [0.5, 0.6) is 0 Å². The quantitative estimate of drug-likeness (QED) is 0.405. The number of aromatic nitrogens is 3. The summed E-state index contributed by atoms with van der Waals surface area (Å²) in [7, 11) is 8.38. The lowest BCUT2D eigenvalue weighted by atomic mass is 9.97. The first-order valence-corrected chi connectivity index (χ1v) is 7.94. The molecule has 13 heteroatoms. The van der Waals surface area contributed by atoms with E-state index in [4.69, 9.17) is 44.7 Å². The second-order valence-corrected chi connectivity index (χ2v) is 5.06. The summed E-state index contributed by atoms with van der Waals surface area (Å²) in [6.45, 7) is 3.81. The van der Waals surface area contributed by atoms with E-state index < -0.39 is 17.5 Å². The zero-order valence-corrected chi connectivity index (χ0v) is 17.3. The van der Waals surface area contributed by atoms with Crippen LogP contribution in [0.3, 0.4) is 0 Å². The van der Waals surface area contributed by atoms with E-state index in [-0.39, 0.29) is 17.8 Å². The lowest BCUT2D eigenvalue weighted by Crippen LogP contribution is -2.75. The number of carbonyl (C=O) groups excluding carboxylic acids is 1. The summed E-state index contributed by atoms with van der Waals surface area (Å²) >= 11 is 0. The fraction of sp³-hybridized carbons (Fsp3) is 0.733. The molecule has 0 bridgehead atoms. The van der Waals surface area contributed by atoms with Gasteiger partial charge in [-0.25, -0.2) is 0 Å². The average Bonchev–Trinajstić information content (AvgIpc) is 2.71. The Balaban J connectivity index is 0.00000352. The largest absolute Gasteiger partial charge is 0.368 e. The summed E-state index contributed by atoms with van der Waals surface area (Å²) in [6, 6.07) is 0. The molecule has 0 amide bonds. The van der Waals surface area contributed by atoms with Crippen LogP contribution in [0.1, 0.15) is 13.3 Å². The van der Waals surface area contributed by atoms with Gasteiger partial charge in [-0.1, -0.05) is 6.92 Å². The predicted octanol–water partition coefficient (Wildman–Crippen LogP) is -0.402. The first-order chi connectivity index (χ1) is 13.3. The summed E-state index contributed by atoms with van der Waals surface area (Å²) in [4.78, 5) is 19.7. The minimum absolute atomic E-state index is 0.0330. The van der Waals surface area contributed by atoms with E-state index in [1.54, 1.807) is 0 Å². The Morgan fingerprint density at radius 1 is 0.821 bits per heavy atom. The normalized spacial score (nSPS) is 12.2. The fourth-order valence-electron chi connectivity index (χ4n) is 2.94. The number of nitrogens with one attached hydrogen (secondary N) is 1. The third kappa shape index (κ3) is 4.29. The number of hydrogen-bond donors (Lipinski definition) is 3. The highest BCUT2D eigenvalue weighted by Crippen LogP contribution is 2.44. The van der Waals surface area contributed by atoms with Crippen molar-refractivity contribution in [3.63, 3.8) is 0 Å². The summed E-state index contributed by atoms with van der Waals surface area (Å²) < 4.78 is 33.8. The van der Waals surface area contributed by atoms with Gasteiger partial charge < -0.3 is 44.7 Å². The summed E-state index contributed by atoms with van der Waals surface area (Å²) in [5.41, 5.74) is 11.2. The average molecular weight is 406 g/mol. The minimum atomic E-state index is -1.83. The number of nitrogen functional groups attached to an aromatic ring is 2. The zero-order chi connectivity index (χ0) is 22.0. The number of nitrogens with two attached hydrogens (primary N) is 2. The highest BCUT2D eigenvalue weighted by Gasteiger charge is 2.69. The number of rotatable bonds is 11. The third-order valence-corrected chi connectivity index (χ3v) is 4.16. The molecular weight excluding hydrogens is 376 g/mol. The van der Waals surface area contributed by atoms with Crippen LogP contribution < -0.4 is 16.8 Å². The Morgan fingerprint density at radius 2 is 1.25 bits per heavy atom. The maximum Gasteiger partial charge on any atom is 0.314 e. The van der Waals surface area contributed by atoms with Gasteiger partial charge in [-0.2, -0.15) is 15.0 Å². The van der Waals surface area contributed by atoms with E-state index >= 15 is 0 Å². The molecule has 13 nitrogen and oxygen atoms in total. The Bertz CT molecular complexity index is 566. The van der Waals surface area contributed by atoms with Crippen LogP contribution in [0.15, 0.2) is 0 Å². The van der Waals surface area contributed by atoms with Gasteiger partial charge in [-0.05, 0) is 0 Å². The molecule has 0 fully saturated rings. The van der Waals surface area contributed by atoms with Gasteiger partial charge >= 0.3 is 11.7 Å². The minimum Gasteiger partial charge on any atom is -0.368 e. The van der Waals surface area contributed by atoms with E-state index in [0.717, 1.165) is 0 Å². The number of methoxy groups -OCH3 is 6. The number of anilines is 3. The van der Waals surface area contributed by atoms with Crippen molar-refractivity contribution >= 4 is 24.6 Å². The molecule has 0 aromatic carbocycles. The van der Waals surface area contributed by atoms with E-state index in [1.807, 2.05) is 13.7 Å². The molecule has 5 N–H and O–H groups in total. The van der Waals surface area contributed by atoms with Gasteiger partial charge in [0.1, 0.15) is 6.79 Å². The topological polar surface area (TPSA) is 175 Å². The van der Waals surface area contributed by atoms with Crippen molar-refractivity contribution in [3.8, 4) is 0 Å². The Labute approximate surface area is 164 Å². The van der Waals surface area contributed by atoms with Crippen LogP contribution in [-0.4, -0.2) is 81.9 Å². The van der Waals surface area contributed by atoms with Crippen molar-refractivity contribution < 1.29 is 33.2 Å².